The lowest BCUT2D eigenvalue weighted by Crippen LogP contribution is -2.28. The number of nitrogens with zero attached hydrogens (tertiary/aromatic N) is 2. The number of nitrogens with one attached hydrogen (secondary N) is 1. The molecule has 1 unspecified atom stereocenters. The van der Waals surface area contributed by atoms with Crippen molar-refractivity contribution < 1.29 is 21.2 Å². The van der Waals surface area contributed by atoms with Crippen molar-refractivity contribution in [3.63, 3.8) is 0 Å². The van der Waals surface area contributed by atoms with Crippen molar-refractivity contribution in [1.82, 2.24) is 4.41 Å². The summed E-state index contributed by atoms with van der Waals surface area (Å²) in [4.78, 5) is 0.102. The maximum Gasteiger partial charge on any atom is 0.279 e. The van der Waals surface area contributed by atoms with Gasteiger partial charge in [0, 0.05) is 17.7 Å². The Balaban J connectivity index is 1.75. The summed E-state index contributed by atoms with van der Waals surface area (Å²) in [5, 5.41) is 4.42. The minimum atomic E-state index is -4.07. The van der Waals surface area contributed by atoms with Crippen LogP contribution >= 0.6 is 0 Å². The highest BCUT2D eigenvalue weighted by Crippen LogP contribution is 2.38. The van der Waals surface area contributed by atoms with Gasteiger partial charge in [0.05, 0.1) is 22.4 Å². The number of rotatable bonds is 7. The van der Waals surface area contributed by atoms with Crippen LogP contribution in [0.1, 0.15) is 36.1 Å². The van der Waals surface area contributed by atoms with Gasteiger partial charge in [-0.15, -0.1) is 0 Å². The molecule has 7 nitrogen and oxygen atoms in total. The van der Waals surface area contributed by atoms with Gasteiger partial charge in [-0.2, -0.15) is 17.9 Å². The average molecular weight is 502 g/mol. The molecule has 0 fully saturated rings. The summed E-state index contributed by atoms with van der Waals surface area (Å²) in [7, 11) is -7.50. The van der Waals surface area contributed by atoms with Gasteiger partial charge in [-0.25, -0.2) is 12.8 Å². The number of hydrogen-bond acceptors (Lipinski definition) is 5. The fraction of sp³-hybridized carbons (Fsp3) is 0.208. The minimum absolute atomic E-state index is 0.0580. The van der Waals surface area contributed by atoms with Gasteiger partial charge < -0.3 is 0 Å². The molecule has 1 heterocycles. The number of hydrogen-bond donors (Lipinski definition) is 1. The van der Waals surface area contributed by atoms with Crippen molar-refractivity contribution in [2.45, 2.75) is 31.2 Å². The Morgan fingerprint density at radius 3 is 2.26 bits per heavy atom. The van der Waals surface area contributed by atoms with E-state index in [0.29, 0.717) is 22.5 Å². The van der Waals surface area contributed by atoms with Crippen molar-refractivity contribution >= 4 is 31.4 Å². The predicted molar refractivity (Wildman–Crippen MR) is 130 cm³/mol. The predicted octanol–water partition coefficient (Wildman–Crippen LogP) is 4.44. The second-order valence-corrected chi connectivity index (χ2v) is 11.7. The smallest absolute Gasteiger partial charge is 0.279 e. The van der Waals surface area contributed by atoms with E-state index in [1.54, 1.807) is 67.6 Å². The Kier molecular flexibility index (Phi) is 6.46. The van der Waals surface area contributed by atoms with Crippen LogP contribution in [0.3, 0.4) is 0 Å². The van der Waals surface area contributed by atoms with Crippen LogP contribution in [-0.4, -0.2) is 32.7 Å². The third-order valence-corrected chi connectivity index (χ3v) is 8.78. The van der Waals surface area contributed by atoms with E-state index < -0.39 is 31.9 Å². The lowest BCUT2D eigenvalue weighted by atomic mass is 9.99. The van der Waals surface area contributed by atoms with Gasteiger partial charge in [0.15, 0.2) is 0 Å². The maximum atomic E-state index is 14.7. The van der Waals surface area contributed by atoms with Gasteiger partial charge in [-0.3, -0.25) is 4.72 Å². The summed E-state index contributed by atoms with van der Waals surface area (Å²) in [6, 6.07) is 18.3. The minimum Gasteiger partial charge on any atom is -0.284 e. The van der Waals surface area contributed by atoms with E-state index in [9.17, 15) is 21.2 Å². The molecule has 178 valence electrons. The fourth-order valence-corrected chi connectivity index (χ4v) is 6.09. The van der Waals surface area contributed by atoms with Crippen molar-refractivity contribution in [1.29, 1.82) is 0 Å². The highest BCUT2D eigenvalue weighted by atomic mass is 32.2. The van der Waals surface area contributed by atoms with Crippen LogP contribution in [0, 0.1) is 12.7 Å². The number of benzene rings is 3. The van der Waals surface area contributed by atoms with Crippen LogP contribution in [0.25, 0.3) is 0 Å². The molecule has 0 saturated heterocycles. The third kappa shape index (κ3) is 4.69. The first kappa shape index (κ1) is 23.9. The largest absolute Gasteiger partial charge is 0.284 e. The van der Waals surface area contributed by atoms with E-state index in [1.807, 2.05) is 0 Å². The standard InChI is InChI=1S/C24H24FN3O4S2/c1-3-33(29,30)27-19-14-12-18(13-15-19)22-16-23(20-9-5-6-10-21(20)25)28(26-22)34(31,32)24-11-7-4-8-17(24)2/h4-15,23,27H,3,16H2,1-2H3. The zero-order valence-electron chi connectivity index (χ0n) is 18.6. The second-order valence-electron chi connectivity index (χ2n) is 7.91. The number of sulfonamides is 2. The van der Waals surface area contributed by atoms with Gasteiger partial charge in [-0.05, 0) is 49.2 Å². The zero-order chi connectivity index (χ0) is 24.5. The number of aryl methyl sites for hydroxylation is 1. The molecule has 0 aromatic heterocycles. The maximum absolute atomic E-state index is 14.7. The summed E-state index contributed by atoms with van der Waals surface area (Å²) in [5.74, 6) is -0.574. The first-order valence-electron chi connectivity index (χ1n) is 10.7. The van der Waals surface area contributed by atoms with Crippen LogP contribution in [-0.2, 0) is 20.0 Å². The van der Waals surface area contributed by atoms with E-state index in [-0.39, 0.29) is 22.6 Å². The van der Waals surface area contributed by atoms with Crippen LogP contribution < -0.4 is 4.72 Å². The van der Waals surface area contributed by atoms with Gasteiger partial charge in [0.25, 0.3) is 10.0 Å². The number of anilines is 1. The second kappa shape index (κ2) is 9.19. The Labute approximate surface area is 199 Å². The lowest BCUT2D eigenvalue weighted by Gasteiger charge is -2.24. The van der Waals surface area contributed by atoms with Crippen molar-refractivity contribution in [3.8, 4) is 0 Å². The number of halogens is 1. The van der Waals surface area contributed by atoms with Crippen molar-refractivity contribution in [3.05, 3.63) is 95.3 Å². The Bertz CT molecular complexity index is 1450. The molecule has 1 aliphatic heterocycles. The molecule has 1 N–H and O–H groups in total. The summed E-state index contributed by atoms with van der Waals surface area (Å²) < 4.78 is 69.0. The van der Waals surface area contributed by atoms with Crippen molar-refractivity contribution in [2.24, 2.45) is 5.10 Å². The molecule has 4 rings (SSSR count). The van der Waals surface area contributed by atoms with E-state index >= 15 is 0 Å². The van der Waals surface area contributed by atoms with E-state index in [1.165, 1.54) is 19.1 Å². The summed E-state index contributed by atoms with van der Waals surface area (Å²) in [6.07, 6.45) is 0.159. The van der Waals surface area contributed by atoms with E-state index in [0.717, 1.165) is 4.41 Å². The van der Waals surface area contributed by atoms with Gasteiger partial charge in [-0.1, -0.05) is 48.5 Å². The average Bonchev–Trinajstić information content (AvgIpc) is 3.26. The molecule has 34 heavy (non-hydrogen) atoms. The molecule has 0 saturated carbocycles. The third-order valence-electron chi connectivity index (χ3n) is 5.63. The fourth-order valence-electron chi connectivity index (χ4n) is 3.79. The molecule has 1 atom stereocenters. The molecule has 0 radical (unpaired) electrons. The highest BCUT2D eigenvalue weighted by molar-refractivity contribution is 7.92. The first-order chi connectivity index (χ1) is 16.1. The van der Waals surface area contributed by atoms with E-state index in [2.05, 4.69) is 9.82 Å². The molecule has 0 aliphatic carbocycles. The molecule has 0 bridgehead atoms. The van der Waals surface area contributed by atoms with Crippen LogP contribution in [0.15, 0.2) is 82.8 Å². The van der Waals surface area contributed by atoms with Gasteiger partial charge >= 0.3 is 0 Å². The van der Waals surface area contributed by atoms with Gasteiger partial charge in [0.1, 0.15) is 5.82 Å². The van der Waals surface area contributed by atoms with E-state index in [4.69, 9.17) is 0 Å². The Hall–Kier alpha value is -3.24. The highest BCUT2D eigenvalue weighted by Gasteiger charge is 2.39. The van der Waals surface area contributed by atoms with Gasteiger partial charge in [0.2, 0.25) is 10.0 Å². The molecule has 1 aliphatic rings. The number of hydrazone groups is 1. The summed E-state index contributed by atoms with van der Waals surface area (Å²) in [5.41, 5.74) is 2.24. The molecule has 3 aromatic carbocycles. The molecule has 10 heteroatoms. The molecule has 0 spiro atoms. The summed E-state index contributed by atoms with van der Waals surface area (Å²) >= 11 is 0. The Morgan fingerprint density at radius 1 is 0.971 bits per heavy atom. The quantitative estimate of drug-likeness (QED) is 0.518. The van der Waals surface area contributed by atoms with Crippen LogP contribution in [0.4, 0.5) is 10.1 Å². The van der Waals surface area contributed by atoms with Crippen molar-refractivity contribution in [2.75, 3.05) is 10.5 Å². The molecule has 0 amide bonds. The molecular formula is C24H24FN3O4S2. The summed E-state index contributed by atoms with van der Waals surface area (Å²) in [6.45, 7) is 3.23. The van der Waals surface area contributed by atoms with Crippen LogP contribution in [0.2, 0.25) is 0 Å². The Morgan fingerprint density at radius 2 is 1.62 bits per heavy atom. The topological polar surface area (TPSA) is 95.9 Å². The molecule has 3 aromatic rings. The molecular weight excluding hydrogens is 477 g/mol. The van der Waals surface area contributed by atoms with Crippen LogP contribution in [0.5, 0.6) is 0 Å². The normalized spacial score (nSPS) is 16.4. The lowest BCUT2D eigenvalue weighted by molar-refractivity contribution is 0.362. The SMILES string of the molecule is CCS(=O)(=O)Nc1ccc(C2=NN(S(=O)(=O)c3ccccc3C)C(c3ccccc3F)C2)cc1. The zero-order valence-corrected chi connectivity index (χ0v) is 20.3. The first-order valence-corrected chi connectivity index (χ1v) is 13.7. The monoisotopic (exact) mass is 501 g/mol.